The van der Waals surface area contributed by atoms with Crippen LogP contribution in [0.3, 0.4) is 0 Å². The summed E-state index contributed by atoms with van der Waals surface area (Å²) in [5, 5.41) is 6.17. The lowest BCUT2D eigenvalue weighted by molar-refractivity contribution is 0.102. The highest BCUT2D eigenvalue weighted by molar-refractivity contribution is 9.10. The Morgan fingerprint density at radius 1 is 1.24 bits per heavy atom. The molecule has 3 rings (SSSR count). The van der Waals surface area contributed by atoms with Gasteiger partial charge in [-0.1, -0.05) is 27.6 Å². The van der Waals surface area contributed by atoms with E-state index < -0.39 is 0 Å². The van der Waals surface area contributed by atoms with E-state index in [9.17, 15) is 4.79 Å². The van der Waals surface area contributed by atoms with Crippen LogP contribution in [0.15, 0.2) is 58.7 Å². The highest BCUT2D eigenvalue weighted by atomic mass is 79.9. The van der Waals surface area contributed by atoms with E-state index in [-0.39, 0.29) is 5.91 Å². The van der Waals surface area contributed by atoms with E-state index in [4.69, 9.17) is 4.74 Å². The molecule has 25 heavy (non-hydrogen) atoms. The van der Waals surface area contributed by atoms with Gasteiger partial charge in [-0.3, -0.25) is 4.79 Å². The van der Waals surface area contributed by atoms with Crippen molar-refractivity contribution in [1.29, 1.82) is 0 Å². The Hall–Kier alpha value is -2.18. The Morgan fingerprint density at radius 3 is 2.84 bits per heavy atom. The van der Waals surface area contributed by atoms with Gasteiger partial charge in [-0.25, -0.2) is 4.98 Å². The van der Waals surface area contributed by atoms with Crippen molar-refractivity contribution in [1.82, 2.24) is 4.98 Å². The van der Waals surface area contributed by atoms with Crippen LogP contribution in [0.2, 0.25) is 0 Å². The largest absolute Gasteiger partial charge is 0.377 e. The van der Waals surface area contributed by atoms with Gasteiger partial charge in [0.1, 0.15) is 5.82 Å². The van der Waals surface area contributed by atoms with Gasteiger partial charge in [0.15, 0.2) is 0 Å². The second kappa shape index (κ2) is 8.78. The Balaban J connectivity index is 1.62. The number of pyridine rings is 1. The molecule has 0 radical (unpaired) electrons. The predicted molar refractivity (Wildman–Crippen MR) is 103 cm³/mol. The van der Waals surface area contributed by atoms with E-state index in [1.165, 1.54) is 5.57 Å². The zero-order chi connectivity index (χ0) is 17.5. The summed E-state index contributed by atoms with van der Waals surface area (Å²) < 4.78 is 6.28. The van der Waals surface area contributed by atoms with E-state index in [2.05, 4.69) is 37.6 Å². The number of amides is 1. The molecule has 0 aliphatic carbocycles. The molecule has 1 aromatic carbocycles. The van der Waals surface area contributed by atoms with Gasteiger partial charge in [-0.2, -0.15) is 0 Å². The van der Waals surface area contributed by atoms with Crippen molar-refractivity contribution in [2.75, 3.05) is 30.4 Å². The molecule has 130 valence electrons. The zero-order valence-electron chi connectivity index (χ0n) is 13.8. The molecular formula is C19H20BrN3O2. The number of halogens is 1. The van der Waals surface area contributed by atoms with Crippen molar-refractivity contribution in [3.8, 4) is 0 Å². The quantitative estimate of drug-likeness (QED) is 0.710. The van der Waals surface area contributed by atoms with Crippen molar-refractivity contribution in [2.24, 2.45) is 0 Å². The third-order valence-electron chi connectivity index (χ3n) is 3.95. The van der Waals surface area contributed by atoms with Crippen molar-refractivity contribution >= 4 is 33.3 Å². The predicted octanol–water partition coefficient (Wildman–Crippen LogP) is 4.25. The number of nitrogens with one attached hydrogen (secondary N) is 2. The minimum atomic E-state index is -0.178. The van der Waals surface area contributed by atoms with Crippen molar-refractivity contribution in [3.63, 3.8) is 0 Å². The monoisotopic (exact) mass is 401 g/mol. The molecule has 0 spiro atoms. The second-order valence-electron chi connectivity index (χ2n) is 5.72. The summed E-state index contributed by atoms with van der Waals surface area (Å²) in [5.41, 5.74) is 2.66. The summed E-state index contributed by atoms with van der Waals surface area (Å²) in [7, 11) is 0. The molecule has 0 saturated carbocycles. The molecule has 0 saturated heterocycles. The third kappa shape index (κ3) is 5.14. The fourth-order valence-corrected chi connectivity index (χ4v) is 2.86. The van der Waals surface area contributed by atoms with Crippen molar-refractivity contribution in [2.45, 2.75) is 12.8 Å². The van der Waals surface area contributed by atoms with Gasteiger partial charge in [-0.05, 0) is 49.2 Å². The minimum absolute atomic E-state index is 0.178. The fraction of sp³-hybridized carbons (Fsp3) is 0.263. The molecular weight excluding hydrogens is 382 g/mol. The van der Waals surface area contributed by atoms with E-state index >= 15 is 0 Å². The van der Waals surface area contributed by atoms with Gasteiger partial charge < -0.3 is 15.4 Å². The summed E-state index contributed by atoms with van der Waals surface area (Å²) in [6, 6.07) is 11.0. The average molecular weight is 402 g/mol. The standard InChI is InChI=1S/C19H20BrN3O2/c20-15-3-5-16(6-4-15)23-19(24)17-2-1-10-21-18(17)22-11-7-14-8-12-25-13-9-14/h1-6,8,10H,7,9,11-13H2,(H,21,22)(H,23,24). The highest BCUT2D eigenvalue weighted by Crippen LogP contribution is 2.18. The van der Waals surface area contributed by atoms with Crippen LogP contribution in [-0.4, -0.2) is 30.6 Å². The molecule has 1 aromatic heterocycles. The summed E-state index contributed by atoms with van der Waals surface area (Å²) >= 11 is 3.38. The van der Waals surface area contributed by atoms with E-state index in [0.717, 1.165) is 36.2 Å². The lowest BCUT2D eigenvalue weighted by atomic mass is 10.1. The number of aromatic nitrogens is 1. The molecule has 0 atom stereocenters. The van der Waals surface area contributed by atoms with Crippen LogP contribution < -0.4 is 10.6 Å². The van der Waals surface area contributed by atoms with Crippen molar-refractivity contribution in [3.05, 3.63) is 64.3 Å². The maximum absolute atomic E-state index is 12.6. The van der Waals surface area contributed by atoms with E-state index in [0.29, 0.717) is 18.0 Å². The van der Waals surface area contributed by atoms with Crippen LogP contribution in [0.25, 0.3) is 0 Å². The van der Waals surface area contributed by atoms with Crippen LogP contribution in [-0.2, 0) is 4.74 Å². The summed E-state index contributed by atoms with van der Waals surface area (Å²) in [4.78, 5) is 16.9. The topological polar surface area (TPSA) is 63.2 Å². The summed E-state index contributed by atoms with van der Waals surface area (Å²) in [5.74, 6) is 0.424. The molecule has 1 aliphatic rings. The first-order chi connectivity index (χ1) is 12.2. The Kier molecular flexibility index (Phi) is 6.19. The molecule has 2 N–H and O–H groups in total. The molecule has 1 amide bonds. The van der Waals surface area contributed by atoms with Gasteiger partial charge in [0.2, 0.25) is 0 Å². The summed E-state index contributed by atoms with van der Waals surface area (Å²) in [6.45, 7) is 2.22. The van der Waals surface area contributed by atoms with Crippen molar-refractivity contribution < 1.29 is 9.53 Å². The lowest BCUT2D eigenvalue weighted by Gasteiger charge is -2.15. The maximum Gasteiger partial charge on any atom is 0.259 e. The van der Waals surface area contributed by atoms with Crippen LogP contribution in [0.1, 0.15) is 23.2 Å². The summed E-state index contributed by atoms with van der Waals surface area (Å²) in [6.07, 6.45) is 5.71. The normalized spacial score (nSPS) is 13.9. The zero-order valence-corrected chi connectivity index (χ0v) is 15.4. The van der Waals surface area contributed by atoms with Gasteiger partial charge in [0.05, 0.1) is 18.8 Å². The molecule has 1 aliphatic heterocycles. The first kappa shape index (κ1) is 17.6. The van der Waals surface area contributed by atoms with Crippen LogP contribution in [0.4, 0.5) is 11.5 Å². The van der Waals surface area contributed by atoms with Gasteiger partial charge in [0.25, 0.3) is 5.91 Å². The Morgan fingerprint density at radius 2 is 2.08 bits per heavy atom. The average Bonchev–Trinajstić information content (AvgIpc) is 2.65. The first-order valence-corrected chi connectivity index (χ1v) is 9.03. The van der Waals surface area contributed by atoms with Gasteiger partial charge in [-0.15, -0.1) is 0 Å². The fourth-order valence-electron chi connectivity index (χ4n) is 2.60. The van der Waals surface area contributed by atoms with Gasteiger partial charge in [0, 0.05) is 22.9 Å². The number of benzene rings is 1. The molecule has 0 fully saturated rings. The Bertz CT molecular complexity index is 760. The lowest BCUT2D eigenvalue weighted by Crippen LogP contribution is -2.16. The number of ether oxygens (including phenoxy) is 1. The third-order valence-corrected chi connectivity index (χ3v) is 4.48. The molecule has 6 heteroatoms. The smallest absolute Gasteiger partial charge is 0.259 e. The number of carbonyl (C=O) groups excluding carboxylic acids is 1. The minimum Gasteiger partial charge on any atom is -0.377 e. The number of hydrogen-bond acceptors (Lipinski definition) is 4. The SMILES string of the molecule is O=C(Nc1ccc(Br)cc1)c1cccnc1NCCC1=CCOCC1. The maximum atomic E-state index is 12.6. The number of carbonyl (C=O) groups is 1. The molecule has 2 aromatic rings. The van der Waals surface area contributed by atoms with Crippen LogP contribution in [0, 0.1) is 0 Å². The number of anilines is 2. The van der Waals surface area contributed by atoms with E-state index in [1.807, 2.05) is 24.3 Å². The number of hydrogen-bond donors (Lipinski definition) is 2. The highest BCUT2D eigenvalue weighted by Gasteiger charge is 2.12. The molecule has 2 heterocycles. The number of nitrogens with zero attached hydrogens (tertiary/aromatic N) is 1. The van der Waals surface area contributed by atoms with Crippen LogP contribution in [0.5, 0.6) is 0 Å². The first-order valence-electron chi connectivity index (χ1n) is 8.24. The molecule has 0 bridgehead atoms. The Labute approximate surface area is 155 Å². The molecule has 5 nitrogen and oxygen atoms in total. The second-order valence-corrected chi connectivity index (χ2v) is 6.64. The molecule has 0 unspecified atom stereocenters. The van der Waals surface area contributed by atoms with Crippen LogP contribution >= 0.6 is 15.9 Å². The van der Waals surface area contributed by atoms with Gasteiger partial charge >= 0.3 is 0 Å². The van der Waals surface area contributed by atoms with E-state index in [1.54, 1.807) is 18.3 Å². The number of rotatable bonds is 6.